The molecule has 0 aliphatic heterocycles. The van der Waals surface area contributed by atoms with Crippen molar-refractivity contribution in [3.63, 3.8) is 0 Å². The van der Waals surface area contributed by atoms with Crippen LogP contribution in [0.4, 0.5) is 11.4 Å². The Morgan fingerprint density at radius 3 is 2.50 bits per heavy atom. The summed E-state index contributed by atoms with van der Waals surface area (Å²) in [5, 5.41) is 9.13. The van der Waals surface area contributed by atoms with Crippen LogP contribution in [0.5, 0.6) is 0 Å². The largest absolute Gasteiger partial charge is 0.478 e. The normalized spacial score (nSPS) is 10.1. The van der Waals surface area contributed by atoms with Crippen LogP contribution in [0.1, 0.15) is 20.8 Å². The zero-order valence-corrected chi connectivity index (χ0v) is 10.8. The number of carbonyl (C=O) groups excluding carboxylic acids is 1. The number of para-hydroxylation sites is 1. The van der Waals surface area contributed by atoms with Gasteiger partial charge in [-0.1, -0.05) is 12.1 Å². The van der Waals surface area contributed by atoms with E-state index in [1.807, 2.05) is 0 Å². The van der Waals surface area contributed by atoms with E-state index in [9.17, 15) is 9.59 Å². The Morgan fingerprint density at radius 1 is 1.20 bits per heavy atom. The molecule has 6 heteroatoms. The number of nitrogen functional groups attached to an aromatic ring is 1. The summed E-state index contributed by atoms with van der Waals surface area (Å²) >= 11 is 0. The first kappa shape index (κ1) is 13.5. The maximum absolute atomic E-state index is 12.3. The predicted octanol–water partition coefficient (Wildman–Crippen LogP) is 1.64. The smallest absolute Gasteiger partial charge is 0.337 e. The van der Waals surface area contributed by atoms with Crippen molar-refractivity contribution in [3.8, 4) is 0 Å². The van der Waals surface area contributed by atoms with E-state index in [2.05, 4.69) is 4.98 Å². The molecule has 0 aliphatic rings. The number of carboxylic acids is 1. The van der Waals surface area contributed by atoms with E-state index in [0.717, 1.165) is 0 Å². The minimum Gasteiger partial charge on any atom is -0.478 e. The molecular formula is C14H13N3O3. The molecule has 2 aromatic rings. The molecule has 0 saturated carbocycles. The Morgan fingerprint density at radius 2 is 1.90 bits per heavy atom. The van der Waals surface area contributed by atoms with Crippen LogP contribution < -0.4 is 10.6 Å². The number of nitrogens with two attached hydrogens (primary N) is 1. The molecule has 102 valence electrons. The number of anilines is 2. The van der Waals surface area contributed by atoms with E-state index >= 15 is 0 Å². The summed E-state index contributed by atoms with van der Waals surface area (Å²) in [5.41, 5.74) is 6.53. The molecule has 6 nitrogen and oxygen atoms in total. The lowest BCUT2D eigenvalue weighted by molar-refractivity contribution is 0.0697. The van der Waals surface area contributed by atoms with Crippen molar-refractivity contribution < 1.29 is 14.7 Å². The van der Waals surface area contributed by atoms with Gasteiger partial charge in [0, 0.05) is 7.05 Å². The van der Waals surface area contributed by atoms with Gasteiger partial charge in [0.05, 0.1) is 23.1 Å². The van der Waals surface area contributed by atoms with Crippen LogP contribution in [0.25, 0.3) is 0 Å². The fraction of sp³-hybridized carbons (Fsp3) is 0.0714. The molecule has 0 unspecified atom stereocenters. The van der Waals surface area contributed by atoms with Crippen LogP contribution in [0.3, 0.4) is 0 Å². The summed E-state index contributed by atoms with van der Waals surface area (Å²) in [6, 6.07) is 9.35. The van der Waals surface area contributed by atoms with Gasteiger partial charge >= 0.3 is 5.97 Å². The van der Waals surface area contributed by atoms with Gasteiger partial charge in [-0.05, 0) is 24.3 Å². The molecule has 20 heavy (non-hydrogen) atoms. The lowest BCUT2D eigenvalue weighted by Gasteiger charge is -2.18. The van der Waals surface area contributed by atoms with Gasteiger partial charge in [0.1, 0.15) is 5.69 Å². The third kappa shape index (κ3) is 2.59. The molecule has 2 rings (SSSR count). The fourth-order valence-corrected chi connectivity index (χ4v) is 1.76. The van der Waals surface area contributed by atoms with Gasteiger partial charge in [0.25, 0.3) is 5.91 Å². The highest BCUT2D eigenvalue weighted by molar-refractivity contribution is 6.08. The van der Waals surface area contributed by atoms with Crippen molar-refractivity contribution >= 4 is 23.3 Å². The van der Waals surface area contributed by atoms with E-state index in [-0.39, 0.29) is 11.3 Å². The van der Waals surface area contributed by atoms with Crippen molar-refractivity contribution in [2.24, 2.45) is 0 Å². The summed E-state index contributed by atoms with van der Waals surface area (Å²) < 4.78 is 0. The van der Waals surface area contributed by atoms with Gasteiger partial charge in [-0.3, -0.25) is 4.79 Å². The number of hydrogen-bond donors (Lipinski definition) is 2. The Kier molecular flexibility index (Phi) is 3.65. The molecule has 1 amide bonds. The summed E-state index contributed by atoms with van der Waals surface area (Å²) in [7, 11) is 1.50. The third-order valence-electron chi connectivity index (χ3n) is 2.81. The highest BCUT2D eigenvalue weighted by atomic mass is 16.4. The predicted molar refractivity (Wildman–Crippen MR) is 74.8 cm³/mol. The standard InChI is InChI=1S/C14H13N3O3/c1-17(12-5-3-2-4-10(12)14(19)20)13(18)11-7-6-9(15)8-16-11/h2-8H,15H2,1H3,(H,19,20). The Balaban J connectivity index is 2.36. The second-order valence-electron chi connectivity index (χ2n) is 4.16. The van der Waals surface area contributed by atoms with Crippen LogP contribution in [0, 0.1) is 0 Å². The highest BCUT2D eigenvalue weighted by Gasteiger charge is 2.19. The number of nitrogens with zero attached hydrogens (tertiary/aromatic N) is 2. The minimum atomic E-state index is -1.09. The lowest BCUT2D eigenvalue weighted by Crippen LogP contribution is -2.28. The summed E-state index contributed by atoms with van der Waals surface area (Å²) in [5.74, 6) is -1.50. The number of rotatable bonds is 3. The van der Waals surface area contributed by atoms with E-state index < -0.39 is 11.9 Å². The highest BCUT2D eigenvalue weighted by Crippen LogP contribution is 2.20. The van der Waals surface area contributed by atoms with Gasteiger partial charge < -0.3 is 15.7 Å². The topological polar surface area (TPSA) is 96.5 Å². The molecule has 0 atom stereocenters. The second-order valence-corrected chi connectivity index (χ2v) is 4.16. The number of aromatic nitrogens is 1. The van der Waals surface area contributed by atoms with Crippen molar-refractivity contribution in [1.82, 2.24) is 4.98 Å². The number of pyridine rings is 1. The number of aromatic carboxylic acids is 1. The van der Waals surface area contributed by atoms with Crippen LogP contribution >= 0.6 is 0 Å². The zero-order valence-electron chi connectivity index (χ0n) is 10.8. The molecule has 0 spiro atoms. The number of benzene rings is 1. The number of carboxylic acid groups (broad SMARTS) is 1. The quantitative estimate of drug-likeness (QED) is 0.884. The molecule has 0 bridgehead atoms. The van der Waals surface area contributed by atoms with Crippen LogP contribution in [0.2, 0.25) is 0 Å². The monoisotopic (exact) mass is 271 g/mol. The molecular weight excluding hydrogens is 258 g/mol. The second kappa shape index (κ2) is 5.40. The van der Waals surface area contributed by atoms with E-state index in [0.29, 0.717) is 11.4 Å². The molecule has 1 aromatic carbocycles. The molecule has 1 aromatic heterocycles. The lowest BCUT2D eigenvalue weighted by atomic mass is 10.1. The van der Waals surface area contributed by atoms with Gasteiger partial charge in [-0.2, -0.15) is 0 Å². The van der Waals surface area contributed by atoms with E-state index in [4.69, 9.17) is 10.8 Å². The van der Waals surface area contributed by atoms with Crippen LogP contribution in [-0.2, 0) is 0 Å². The molecule has 3 N–H and O–H groups in total. The first-order valence-corrected chi connectivity index (χ1v) is 5.82. The SMILES string of the molecule is CN(C(=O)c1ccc(N)cn1)c1ccccc1C(=O)O. The molecule has 0 aliphatic carbocycles. The first-order valence-electron chi connectivity index (χ1n) is 5.82. The van der Waals surface area contributed by atoms with Gasteiger partial charge in [-0.15, -0.1) is 0 Å². The number of amides is 1. The van der Waals surface area contributed by atoms with Crippen molar-refractivity contribution in [2.45, 2.75) is 0 Å². The molecule has 0 saturated heterocycles. The van der Waals surface area contributed by atoms with Crippen LogP contribution in [0.15, 0.2) is 42.6 Å². The van der Waals surface area contributed by atoms with E-state index in [1.54, 1.807) is 24.3 Å². The van der Waals surface area contributed by atoms with Crippen molar-refractivity contribution in [2.75, 3.05) is 17.7 Å². The van der Waals surface area contributed by atoms with E-state index in [1.165, 1.54) is 30.3 Å². The van der Waals surface area contributed by atoms with Crippen LogP contribution in [-0.4, -0.2) is 29.0 Å². The van der Waals surface area contributed by atoms with Gasteiger partial charge in [0.15, 0.2) is 0 Å². The van der Waals surface area contributed by atoms with Gasteiger partial charge in [0.2, 0.25) is 0 Å². The molecule has 0 radical (unpaired) electrons. The summed E-state index contributed by atoms with van der Waals surface area (Å²) in [6.07, 6.45) is 1.38. The summed E-state index contributed by atoms with van der Waals surface area (Å²) in [6.45, 7) is 0. The first-order chi connectivity index (χ1) is 9.50. The minimum absolute atomic E-state index is 0.0544. The maximum Gasteiger partial charge on any atom is 0.337 e. The number of hydrogen-bond acceptors (Lipinski definition) is 4. The summed E-state index contributed by atoms with van der Waals surface area (Å²) in [4.78, 5) is 28.6. The average molecular weight is 271 g/mol. The van der Waals surface area contributed by atoms with Crippen molar-refractivity contribution in [3.05, 3.63) is 53.9 Å². The third-order valence-corrected chi connectivity index (χ3v) is 2.81. The van der Waals surface area contributed by atoms with Crippen molar-refractivity contribution in [1.29, 1.82) is 0 Å². The number of carbonyl (C=O) groups is 2. The Hall–Kier alpha value is -2.89. The Bertz CT molecular complexity index is 653. The fourth-order valence-electron chi connectivity index (χ4n) is 1.76. The molecule has 0 fully saturated rings. The maximum atomic E-state index is 12.3. The molecule has 1 heterocycles. The average Bonchev–Trinajstić information content (AvgIpc) is 2.46. The zero-order chi connectivity index (χ0) is 14.7. The Labute approximate surface area is 115 Å². The van der Waals surface area contributed by atoms with Gasteiger partial charge in [-0.25, -0.2) is 9.78 Å².